The molecule has 5 aromatic rings. The van der Waals surface area contributed by atoms with E-state index in [-0.39, 0.29) is 5.91 Å². The second-order valence-electron chi connectivity index (χ2n) is 8.77. The number of benzene rings is 3. The van der Waals surface area contributed by atoms with E-state index in [9.17, 15) is 9.59 Å². The number of hydrogen-bond donors (Lipinski definition) is 2. The maximum atomic E-state index is 13.6. The van der Waals surface area contributed by atoms with Gasteiger partial charge in [-0.25, -0.2) is 9.64 Å². The Morgan fingerprint density at radius 1 is 1.03 bits per heavy atom. The average Bonchev–Trinajstić information content (AvgIpc) is 3.32. The van der Waals surface area contributed by atoms with Crippen LogP contribution in [-0.2, 0) is 5.54 Å². The number of oxazole rings is 1. The summed E-state index contributed by atoms with van der Waals surface area (Å²) in [6.07, 6.45) is 2.16. The number of rotatable bonds is 4. The second-order valence-corrected chi connectivity index (χ2v) is 8.77. The fourth-order valence-corrected chi connectivity index (χ4v) is 4.77. The van der Waals surface area contributed by atoms with Crippen LogP contribution in [0.5, 0.6) is 5.75 Å². The fraction of sp³-hybridized carbons (Fsp3) is 0.103. The number of H-pyrrole nitrogens is 1. The van der Waals surface area contributed by atoms with Crippen LogP contribution in [0.3, 0.4) is 0 Å². The standard InChI is InChI=1S/C29H20N4O4/c1-30-22-11-6-19(7-12-22)18-4-9-21(10-5-18)29(14-16-36-25-3-2-15-31-26(25)29)33-27(34)20-8-13-24-23(17-20)32-28(35)37-24/h2-13,15,17H,14,16H2,(H,32,35)(H,33,34)/t29-/m0/s1. The Labute approximate surface area is 211 Å². The number of hydrogen-bond acceptors (Lipinski definition) is 5. The second kappa shape index (κ2) is 8.81. The Balaban J connectivity index is 1.41. The van der Waals surface area contributed by atoms with Gasteiger partial charge in [0.25, 0.3) is 5.91 Å². The summed E-state index contributed by atoms with van der Waals surface area (Å²) in [6, 6.07) is 23.8. The van der Waals surface area contributed by atoms with Gasteiger partial charge in [-0.05, 0) is 47.0 Å². The Morgan fingerprint density at radius 2 is 1.78 bits per heavy atom. The van der Waals surface area contributed by atoms with Crippen LogP contribution in [0.25, 0.3) is 27.1 Å². The van der Waals surface area contributed by atoms with Gasteiger partial charge in [0, 0.05) is 18.2 Å². The van der Waals surface area contributed by atoms with Crippen LogP contribution >= 0.6 is 0 Å². The summed E-state index contributed by atoms with van der Waals surface area (Å²) in [5, 5.41) is 3.23. The van der Waals surface area contributed by atoms with Gasteiger partial charge >= 0.3 is 5.76 Å². The van der Waals surface area contributed by atoms with Crippen LogP contribution in [0, 0.1) is 6.57 Å². The van der Waals surface area contributed by atoms with Crippen molar-refractivity contribution in [1.82, 2.24) is 15.3 Å². The molecule has 8 heteroatoms. The Hall–Kier alpha value is -5.16. The van der Waals surface area contributed by atoms with Crippen molar-refractivity contribution in [2.45, 2.75) is 12.0 Å². The van der Waals surface area contributed by atoms with Gasteiger partial charge in [-0.1, -0.05) is 48.5 Å². The molecule has 3 aromatic carbocycles. The third-order valence-electron chi connectivity index (χ3n) is 6.63. The minimum Gasteiger partial charge on any atom is -0.491 e. The number of amides is 1. The van der Waals surface area contributed by atoms with Crippen molar-refractivity contribution in [3.8, 4) is 16.9 Å². The molecule has 1 aliphatic heterocycles. The van der Waals surface area contributed by atoms with E-state index in [2.05, 4.69) is 20.1 Å². The molecular formula is C29H20N4O4. The Kier molecular flexibility index (Phi) is 5.31. The van der Waals surface area contributed by atoms with E-state index in [4.69, 9.17) is 15.7 Å². The van der Waals surface area contributed by atoms with Crippen molar-refractivity contribution in [3.05, 3.63) is 124 Å². The number of nitrogens with zero attached hydrogens (tertiary/aromatic N) is 2. The first-order valence-corrected chi connectivity index (χ1v) is 11.7. The largest absolute Gasteiger partial charge is 0.491 e. The van der Waals surface area contributed by atoms with Crippen LogP contribution < -0.4 is 15.8 Å². The van der Waals surface area contributed by atoms with Gasteiger partial charge in [0.05, 0.1) is 18.7 Å². The van der Waals surface area contributed by atoms with Crippen LogP contribution in [0.4, 0.5) is 5.69 Å². The van der Waals surface area contributed by atoms with Crippen LogP contribution in [0.15, 0.2) is 94.3 Å². The van der Waals surface area contributed by atoms with E-state index < -0.39 is 11.3 Å². The summed E-state index contributed by atoms with van der Waals surface area (Å²) in [7, 11) is 0. The maximum Gasteiger partial charge on any atom is 0.417 e. The number of carbonyl (C=O) groups excluding carboxylic acids is 1. The molecule has 0 bridgehead atoms. The zero-order chi connectivity index (χ0) is 25.4. The quantitative estimate of drug-likeness (QED) is 0.339. The molecule has 0 saturated carbocycles. The van der Waals surface area contributed by atoms with Gasteiger partial charge in [0.15, 0.2) is 11.3 Å². The van der Waals surface area contributed by atoms with Crippen LogP contribution in [0.2, 0.25) is 0 Å². The summed E-state index contributed by atoms with van der Waals surface area (Å²) in [6.45, 7) is 7.55. The molecule has 2 N–H and O–H groups in total. The highest BCUT2D eigenvalue weighted by atomic mass is 16.5. The van der Waals surface area contributed by atoms with Crippen molar-refractivity contribution in [1.29, 1.82) is 0 Å². The number of aromatic nitrogens is 2. The summed E-state index contributed by atoms with van der Waals surface area (Å²) >= 11 is 0. The molecule has 1 amide bonds. The molecular weight excluding hydrogens is 468 g/mol. The molecule has 0 saturated heterocycles. The first-order valence-electron chi connectivity index (χ1n) is 11.7. The Bertz CT molecular complexity index is 1730. The normalized spacial score (nSPS) is 16.4. The van der Waals surface area contributed by atoms with Gasteiger partial charge in [-0.15, -0.1) is 0 Å². The molecule has 3 heterocycles. The molecule has 1 atom stereocenters. The van der Waals surface area contributed by atoms with E-state index in [1.807, 2.05) is 42.5 Å². The van der Waals surface area contributed by atoms with Gasteiger partial charge in [-0.3, -0.25) is 14.8 Å². The zero-order valence-corrected chi connectivity index (χ0v) is 19.5. The van der Waals surface area contributed by atoms with Crippen molar-refractivity contribution < 1.29 is 13.9 Å². The molecule has 0 unspecified atom stereocenters. The van der Waals surface area contributed by atoms with E-state index in [1.165, 1.54) is 0 Å². The number of carbonyl (C=O) groups is 1. The lowest BCUT2D eigenvalue weighted by Crippen LogP contribution is -2.50. The molecule has 0 aliphatic carbocycles. The molecule has 1 aliphatic rings. The highest BCUT2D eigenvalue weighted by Gasteiger charge is 2.42. The number of ether oxygens (including phenoxy) is 1. The highest BCUT2D eigenvalue weighted by Crippen LogP contribution is 2.41. The highest BCUT2D eigenvalue weighted by molar-refractivity contribution is 5.98. The third kappa shape index (κ3) is 3.93. The number of aromatic amines is 1. The summed E-state index contributed by atoms with van der Waals surface area (Å²) in [5.74, 6) is -0.279. The van der Waals surface area contributed by atoms with E-state index in [1.54, 1.807) is 42.6 Å². The van der Waals surface area contributed by atoms with E-state index >= 15 is 0 Å². The minimum absolute atomic E-state index is 0.318. The first kappa shape index (κ1) is 22.3. The molecule has 6 rings (SSSR count). The molecule has 0 fully saturated rings. The van der Waals surface area contributed by atoms with E-state index in [0.29, 0.717) is 46.8 Å². The first-order chi connectivity index (χ1) is 18.1. The maximum absolute atomic E-state index is 13.6. The van der Waals surface area contributed by atoms with Crippen LogP contribution in [-0.4, -0.2) is 22.5 Å². The number of fused-ring (bicyclic) bond motifs is 2. The average molecular weight is 489 g/mol. The zero-order valence-electron chi connectivity index (χ0n) is 19.5. The minimum atomic E-state index is -0.933. The van der Waals surface area contributed by atoms with Gasteiger partial charge in [0.1, 0.15) is 17.0 Å². The predicted octanol–water partition coefficient (Wildman–Crippen LogP) is 5.19. The molecule has 0 spiro atoms. The summed E-state index contributed by atoms with van der Waals surface area (Å²) < 4.78 is 10.9. The number of nitrogens with one attached hydrogen (secondary N) is 2. The monoisotopic (exact) mass is 488 g/mol. The topological polar surface area (TPSA) is 102 Å². The fourth-order valence-electron chi connectivity index (χ4n) is 4.77. The van der Waals surface area contributed by atoms with Gasteiger partial charge in [-0.2, -0.15) is 0 Å². The smallest absolute Gasteiger partial charge is 0.417 e. The lowest BCUT2D eigenvalue weighted by Gasteiger charge is -2.39. The SMILES string of the molecule is [C-]#[N+]c1ccc(-c2ccc([C@@]3(NC(=O)c4ccc5oc(=O)[nH]c5c4)CCOc4cccnc43)cc2)cc1. The van der Waals surface area contributed by atoms with Crippen molar-refractivity contribution in [3.63, 3.8) is 0 Å². The summed E-state index contributed by atoms with van der Waals surface area (Å²) in [5.41, 5.74) is 4.34. The van der Waals surface area contributed by atoms with Gasteiger partial charge < -0.3 is 14.5 Å². The van der Waals surface area contributed by atoms with Crippen molar-refractivity contribution in [2.75, 3.05) is 6.61 Å². The predicted molar refractivity (Wildman–Crippen MR) is 138 cm³/mol. The lowest BCUT2D eigenvalue weighted by atomic mass is 9.80. The molecule has 0 radical (unpaired) electrons. The molecule has 180 valence electrons. The number of pyridine rings is 1. The van der Waals surface area contributed by atoms with Gasteiger partial charge in [0.2, 0.25) is 0 Å². The summed E-state index contributed by atoms with van der Waals surface area (Å²) in [4.78, 5) is 35.8. The van der Waals surface area contributed by atoms with E-state index in [0.717, 1.165) is 16.7 Å². The molecule has 8 nitrogen and oxygen atoms in total. The van der Waals surface area contributed by atoms with Crippen LogP contribution in [0.1, 0.15) is 28.0 Å². The molecule has 37 heavy (non-hydrogen) atoms. The Morgan fingerprint density at radius 3 is 2.54 bits per heavy atom. The van der Waals surface area contributed by atoms with Crippen molar-refractivity contribution in [2.24, 2.45) is 0 Å². The van der Waals surface area contributed by atoms with Crippen molar-refractivity contribution >= 4 is 22.7 Å². The lowest BCUT2D eigenvalue weighted by molar-refractivity contribution is 0.0884. The third-order valence-corrected chi connectivity index (χ3v) is 6.63. The molecule has 2 aromatic heterocycles.